The molecule has 1 aliphatic heterocycles. The van der Waals surface area contributed by atoms with Crippen LogP contribution in [0.4, 0.5) is 11.4 Å². The fraction of sp³-hybridized carbons (Fsp3) is 0.250. The first-order valence-corrected chi connectivity index (χ1v) is 9.07. The summed E-state index contributed by atoms with van der Waals surface area (Å²) in [4.78, 5) is 31.2. The molecular formula is C20H20ClN3O4. The second-order valence-electron chi connectivity index (χ2n) is 6.29. The number of nitrogens with one attached hydrogen (secondary N) is 1. The Morgan fingerprint density at radius 3 is 2.89 bits per heavy atom. The first-order valence-electron chi connectivity index (χ1n) is 8.69. The number of carbonyl (C=O) groups is 2. The number of hydrogen-bond acceptors (Lipinski definition) is 5. The summed E-state index contributed by atoms with van der Waals surface area (Å²) in [5, 5.41) is 6.63. The van der Waals surface area contributed by atoms with E-state index in [0.717, 1.165) is 23.9 Å². The van der Waals surface area contributed by atoms with Gasteiger partial charge in [0.1, 0.15) is 12.0 Å². The summed E-state index contributed by atoms with van der Waals surface area (Å²) in [5.74, 6) is -0.289. The Bertz CT molecular complexity index is 916. The average Bonchev–Trinajstić information content (AvgIpc) is 3.01. The number of anilines is 2. The van der Waals surface area contributed by atoms with Gasteiger partial charge >= 0.3 is 0 Å². The third-order valence-electron chi connectivity index (χ3n) is 4.33. The molecular weight excluding hydrogens is 382 g/mol. The standard InChI is InChI=1S/C20H20ClN3O4/c1-13-9-14-5-3-4-6-17(14)24(13)20(26)12-28-22-11-19(25)23-16-10-15(21)7-8-18(16)27-2/h3-8,10-11,13H,9,12H2,1-2H3,(H,23,25)/b22-11-/t13-/m1/s1. The van der Waals surface area contributed by atoms with Gasteiger partial charge in [0.25, 0.3) is 11.8 Å². The molecule has 0 bridgehead atoms. The molecule has 2 aromatic rings. The van der Waals surface area contributed by atoms with Crippen molar-refractivity contribution in [3.05, 3.63) is 53.1 Å². The van der Waals surface area contributed by atoms with Gasteiger partial charge in [0.05, 0.1) is 12.8 Å². The molecule has 0 saturated carbocycles. The smallest absolute Gasteiger partial charge is 0.270 e. The van der Waals surface area contributed by atoms with E-state index in [0.29, 0.717) is 16.5 Å². The number of fused-ring (bicyclic) bond motifs is 1. The van der Waals surface area contributed by atoms with E-state index in [1.807, 2.05) is 31.2 Å². The second kappa shape index (κ2) is 8.75. The van der Waals surface area contributed by atoms with Crippen LogP contribution in [0.1, 0.15) is 12.5 Å². The maximum Gasteiger partial charge on any atom is 0.270 e. The zero-order valence-electron chi connectivity index (χ0n) is 15.5. The van der Waals surface area contributed by atoms with Crippen molar-refractivity contribution in [1.82, 2.24) is 0 Å². The maximum absolute atomic E-state index is 12.5. The molecule has 28 heavy (non-hydrogen) atoms. The van der Waals surface area contributed by atoms with E-state index in [-0.39, 0.29) is 18.6 Å². The van der Waals surface area contributed by atoms with Gasteiger partial charge < -0.3 is 19.8 Å². The molecule has 2 aromatic carbocycles. The van der Waals surface area contributed by atoms with Crippen LogP contribution < -0.4 is 15.0 Å². The molecule has 2 amide bonds. The van der Waals surface area contributed by atoms with Gasteiger partial charge in [-0.05, 0) is 43.2 Å². The van der Waals surface area contributed by atoms with Gasteiger partial charge in [-0.2, -0.15) is 0 Å². The molecule has 0 aliphatic carbocycles. The van der Waals surface area contributed by atoms with Crippen LogP contribution in [0.15, 0.2) is 47.6 Å². The van der Waals surface area contributed by atoms with Crippen molar-refractivity contribution in [2.75, 3.05) is 23.9 Å². The van der Waals surface area contributed by atoms with Gasteiger partial charge in [-0.15, -0.1) is 0 Å². The number of para-hydroxylation sites is 1. The average molecular weight is 402 g/mol. The molecule has 1 aliphatic rings. The fourth-order valence-corrected chi connectivity index (χ4v) is 3.31. The lowest BCUT2D eigenvalue weighted by Crippen LogP contribution is -2.38. The quantitative estimate of drug-likeness (QED) is 0.595. The molecule has 1 heterocycles. The molecule has 3 rings (SSSR count). The van der Waals surface area contributed by atoms with Crippen molar-refractivity contribution < 1.29 is 19.2 Å². The van der Waals surface area contributed by atoms with Gasteiger partial charge in [-0.25, -0.2) is 0 Å². The number of hydrogen-bond donors (Lipinski definition) is 1. The number of ether oxygens (including phenoxy) is 1. The van der Waals surface area contributed by atoms with E-state index in [1.54, 1.807) is 23.1 Å². The van der Waals surface area contributed by atoms with Crippen LogP contribution in [0.3, 0.4) is 0 Å². The lowest BCUT2D eigenvalue weighted by Gasteiger charge is -2.21. The summed E-state index contributed by atoms with van der Waals surface area (Å²) in [6.07, 6.45) is 1.75. The lowest BCUT2D eigenvalue weighted by atomic mass is 10.1. The predicted molar refractivity (Wildman–Crippen MR) is 108 cm³/mol. The van der Waals surface area contributed by atoms with E-state index < -0.39 is 5.91 Å². The lowest BCUT2D eigenvalue weighted by molar-refractivity contribution is -0.123. The van der Waals surface area contributed by atoms with E-state index >= 15 is 0 Å². The molecule has 7 nitrogen and oxygen atoms in total. The summed E-state index contributed by atoms with van der Waals surface area (Å²) >= 11 is 5.92. The topological polar surface area (TPSA) is 80.2 Å². The van der Waals surface area contributed by atoms with Crippen LogP contribution in [0, 0.1) is 0 Å². The number of amides is 2. The van der Waals surface area contributed by atoms with Crippen molar-refractivity contribution in [3.8, 4) is 5.75 Å². The monoisotopic (exact) mass is 401 g/mol. The van der Waals surface area contributed by atoms with Crippen molar-refractivity contribution in [2.24, 2.45) is 5.16 Å². The van der Waals surface area contributed by atoms with Crippen LogP contribution in [0.25, 0.3) is 0 Å². The Hall–Kier alpha value is -3.06. The second-order valence-corrected chi connectivity index (χ2v) is 6.72. The third-order valence-corrected chi connectivity index (χ3v) is 4.56. The molecule has 0 aromatic heterocycles. The van der Waals surface area contributed by atoms with Gasteiger partial charge in [0.2, 0.25) is 0 Å². The summed E-state index contributed by atoms with van der Waals surface area (Å²) in [6, 6.07) is 12.7. The van der Waals surface area contributed by atoms with Gasteiger partial charge in [0, 0.05) is 16.8 Å². The molecule has 1 N–H and O–H groups in total. The number of carbonyl (C=O) groups excluding carboxylic acids is 2. The Kier molecular flexibility index (Phi) is 6.16. The van der Waals surface area contributed by atoms with Crippen LogP contribution in [-0.2, 0) is 20.8 Å². The number of benzene rings is 2. The zero-order valence-corrected chi connectivity index (χ0v) is 16.3. The van der Waals surface area contributed by atoms with Crippen LogP contribution in [-0.4, -0.2) is 37.8 Å². The maximum atomic E-state index is 12.5. The number of halogens is 1. The molecule has 146 valence electrons. The Labute approximate surface area is 167 Å². The zero-order chi connectivity index (χ0) is 20.1. The van der Waals surface area contributed by atoms with E-state index in [2.05, 4.69) is 10.5 Å². The number of methoxy groups -OCH3 is 1. The molecule has 0 radical (unpaired) electrons. The van der Waals surface area contributed by atoms with Crippen molar-refractivity contribution >= 4 is 41.0 Å². The summed E-state index contributed by atoms with van der Waals surface area (Å²) < 4.78 is 5.15. The SMILES string of the molecule is COc1ccc(Cl)cc1NC(=O)/C=N\OCC(=O)N1c2ccccc2C[C@H]1C. The van der Waals surface area contributed by atoms with E-state index in [9.17, 15) is 9.59 Å². The highest BCUT2D eigenvalue weighted by Gasteiger charge is 2.30. The Balaban J connectivity index is 1.54. The normalized spacial score (nSPS) is 15.4. The molecule has 0 saturated heterocycles. The van der Waals surface area contributed by atoms with E-state index in [1.165, 1.54) is 7.11 Å². The number of oxime groups is 1. The minimum absolute atomic E-state index is 0.0519. The molecule has 1 atom stereocenters. The Morgan fingerprint density at radius 2 is 2.11 bits per heavy atom. The highest BCUT2D eigenvalue weighted by Crippen LogP contribution is 2.31. The minimum atomic E-state index is -0.534. The first kappa shape index (κ1) is 19.7. The largest absolute Gasteiger partial charge is 0.495 e. The third kappa shape index (κ3) is 4.43. The van der Waals surface area contributed by atoms with Crippen molar-refractivity contribution in [3.63, 3.8) is 0 Å². The summed E-state index contributed by atoms with van der Waals surface area (Å²) in [7, 11) is 1.49. The highest BCUT2D eigenvalue weighted by molar-refractivity contribution is 6.33. The summed E-state index contributed by atoms with van der Waals surface area (Å²) in [5.41, 5.74) is 2.42. The minimum Gasteiger partial charge on any atom is -0.495 e. The molecule has 8 heteroatoms. The van der Waals surface area contributed by atoms with Crippen LogP contribution in [0.5, 0.6) is 5.75 Å². The van der Waals surface area contributed by atoms with Crippen LogP contribution in [0.2, 0.25) is 5.02 Å². The van der Waals surface area contributed by atoms with E-state index in [4.69, 9.17) is 21.2 Å². The van der Waals surface area contributed by atoms with Gasteiger partial charge in [0.15, 0.2) is 6.61 Å². The van der Waals surface area contributed by atoms with Crippen LogP contribution >= 0.6 is 11.6 Å². The fourth-order valence-electron chi connectivity index (χ4n) is 3.14. The van der Waals surface area contributed by atoms with Crippen molar-refractivity contribution in [1.29, 1.82) is 0 Å². The highest BCUT2D eigenvalue weighted by atomic mass is 35.5. The van der Waals surface area contributed by atoms with Crippen molar-refractivity contribution in [2.45, 2.75) is 19.4 Å². The molecule has 0 fully saturated rings. The Morgan fingerprint density at radius 1 is 1.32 bits per heavy atom. The van der Waals surface area contributed by atoms with Gasteiger partial charge in [-0.1, -0.05) is 35.0 Å². The molecule has 0 unspecified atom stereocenters. The molecule has 0 spiro atoms. The first-order chi connectivity index (χ1) is 13.5. The number of rotatable bonds is 6. The number of nitrogens with zero attached hydrogens (tertiary/aromatic N) is 2. The van der Waals surface area contributed by atoms with Gasteiger partial charge in [-0.3, -0.25) is 9.59 Å². The predicted octanol–water partition coefficient (Wildman–Crippen LogP) is 3.27. The summed E-state index contributed by atoms with van der Waals surface area (Å²) in [6.45, 7) is 1.72.